The van der Waals surface area contributed by atoms with Crippen LogP contribution in [-0.4, -0.2) is 25.3 Å². The van der Waals surface area contributed by atoms with Crippen molar-refractivity contribution in [2.24, 2.45) is 0 Å². The molecule has 0 saturated heterocycles. The Morgan fingerprint density at radius 2 is 2.06 bits per heavy atom. The largest absolute Gasteiger partial charge is 0.494 e. The topological polar surface area (TPSA) is 61.2 Å². The molecule has 5 nitrogen and oxygen atoms in total. The molecule has 0 N–H and O–H groups in total. The van der Waals surface area contributed by atoms with Gasteiger partial charge in [-0.05, 0) is 12.1 Å². The van der Waals surface area contributed by atoms with Crippen molar-refractivity contribution < 1.29 is 17.0 Å². The normalized spacial score (nSPS) is 11.4. The zero-order chi connectivity index (χ0) is 12.5. The van der Waals surface area contributed by atoms with E-state index in [-0.39, 0.29) is 0 Å². The summed E-state index contributed by atoms with van der Waals surface area (Å²) in [7, 11) is -3.25. The van der Waals surface area contributed by atoms with E-state index in [1.54, 1.807) is 24.3 Å². The molecule has 0 atom stereocenters. The van der Waals surface area contributed by atoms with Crippen molar-refractivity contribution in [3.63, 3.8) is 0 Å². The van der Waals surface area contributed by atoms with Crippen LogP contribution in [0.5, 0.6) is 5.75 Å². The molecule has 7 heteroatoms. The minimum atomic E-state index is -4.73. The first-order valence-electron chi connectivity index (χ1n) is 4.65. The highest BCUT2D eigenvalue weighted by atomic mass is 32.3. The quantitative estimate of drug-likeness (QED) is 0.781. The van der Waals surface area contributed by atoms with Crippen molar-refractivity contribution in [1.82, 2.24) is 9.78 Å². The summed E-state index contributed by atoms with van der Waals surface area (Å²) in [5, 5.41) is 3.78. The van der Waals surface area contributed by atoms with Crippen LogP contribution in [0.2, 0.25) is 0 Å². The standard InChI is InChI=1S/C10H9FN2O3S/c1-16-10-5-3-2-4-9(10)13-7-8(6-12-13)17(11,14)15/h2-7H,1H3. The Balaban J connectivity index is 2.51. The predicted octanol–water partition coefficient (Wildman–Crippen LogP) is 1.54. The molecule has 0 spiro atoms. The molecule has 0 aliphatic rings. The van der Waals surface area contributed by atoms with Crippen LogP contribution in [0.3, 0.4) is 0 Å². The van der Waals surface area contributed by atoms with E-state index in [4.69, 9.17) is 4.74 Å². The molecule has 1 aromatic heterocycles. The van der Waals surface area contributed by atoms with Gasteiger partial charge in [0.1, 0.15) is 16.3 Å². The average Bonchev–Trinajstić information content (AvgIpc) is 2.77. The Hall–Kier alpha value is -1.89. The van der Waals surface area contributed by atoms with E-state index in [9.17, 15) is 12.3 Å². The summed E-state index contributed by atoms with van der Waals surface area (Å²) in [6.45, 7) is 0. The van der Waals surface area contributed by atoms with Crippen LogP contribution >= 0.6 is 0 Å². The van der Waals surface area contributed by atoms with Crippen LogP contribution in [0.4, 0.5) is 3.89 Å². The Bertz CT molecular complexity index is 637. The van der Waals surface area contributed by atoms with E-state index < -0.39 is 15.1 Å². The van der Waals surface area contributed by atoms with Crippen LogP contribution in [0.15, 0.2) is 41.6 Å². The van der Waals surface area contributed by atoms with Crippen molar-refractivity contribution in [3.8, 4) is 11.4 Å². The zero-order valence-electron chi connectivity index (χ0n) is 8.87. The van der Waals surface area contributed by atoms with Gasteiger partial charge in [-0.15, -0.1) is 3.89 Å². The molecule has 0 fully saturated rings. The number of aromatic nitrogens is 2. The van der Waals surface area contributed by atoms with Crippen molar-refractivity contribution in [2.75, 3.05) is 7.11 Å². The lowest BCUT2D eigenvalue weighted by molar-refractivity contribution is 0.411. The second-order valence-electron chi connectivity index (χ2n) is 3.23. The molecule has 0 saturated carbocycles. The lowest BCUT2D eigenvalue weighted by Crippen LogP contribution is -1.98. The second kappa shape index (κ2) is 4.17. The molecule has 0 unspecified atom stereocenters. The summed E-state index contributed by atoms with van der Waals surface area (Å²) in [5.74, 6) is 0.512. The maximum atomic E-state index is 12.7. The Morgan fingerprint density at radius 1 is 1.35 bits per heavy atom. The van der Waals surface area contributed by atoms with Gasteiger partial charge in [0.2, 0.25) is 0 Å². The number of ether oxygens (including phenoxy) is 1. The van der Waals surface area contributed by atoms with Gasteiger partial charge in [0.25, 0.3) is 0 Å². The molecule has 90 valence electrons. The van der Waals surface area contributed by atoms with Gasteiger partial charge in [-0.1, -0.05) is 12.1 Å². The van der Waals surface area contributed by atoms with Crippen LogP contribution in [0.25, 0.3) is 5.69 Å². The Kier molecular flexibility index (Phi) is 2.84. The maximum Gasteiger partial charge on any atom is 0.335 e. The molecule has 0 bridgehead atoms. The molecule has 2 rings (SSSR count). The first kappa shape index (κ1) is 11.6. The number of hydrogen-bond acceptors (Lipinski definition) is 4. The van der Waals surface area contributed by atoms with Crippen LogP contribution in [0.1, 0.15) is 0 Å². The first-order chi connectivity index (χ1) is 8.02. The van der Waals surface area contributed by atoms with Crippen molar-refractivity contribution >= 4 is 10.2 Å². The van der Waals surface area contributed by atoms with Gasteiger partial charge in [0.05, 0.1) is 19.5 Å². The van der Waals surface area contributed by atoms with Gasteiger partial charge >= 0.3 is 10.2 Å². The number of rotatable bonds is 3. The number of benzene rings is 1. The van der Waals surface area contributed by atoms with Crippen molar-refractivity contribution in [2.45, 2.75) is 4.90 Å². The number of hydrogen-bond donors (Lipinski definition) is 0. The third kappa shape index (κ3) is 2.28. The molecule has 2 aromatic rings. The van der Waals surface area contributed by atoms with Crippen LogP contribution < -0.4 is 4.74 Å². The molecule has 17 heavy (non-hydrogen) atoms. The van der Waals surface area contributed by atoms with Gasteiger partial charge in [0.15, 0.2) is 0 Å². The van der Waals surface area contributed by atoms with Crippen LogP contribution in [-0.2, 0) is 10.2 Å². The van der Waals surface area contributed by atoms with Gasteiger partial charge in [0, 0.05) is 0 Å². The van der Waals surface area contributed by atoms with Gasteiger partial charge in [-0.2, -0.15) is 13.5 Å². The third-order valence-corrected chi connectivity index (χ3v) is 2.95. The summed E-state index contributed by atoms with van der Waals surface area (Å²) in [5.41, 5.74) is 0.532. The fourth-order valence-electron chi connectivity index (χ4n) is 1.38. The van der Waals surface area contributed by atoms with Crippen molar-refractivity contribution in [3.05, 3.63) is 36.7 Å². The molecular weight excluding hydrogens is 247 g/mol. The molecule has 0 amide bonds. The van der Waals surface area contributed by atoms with E-state index in [0.29, 0.717) is 11.4 Å². The Labute approximate surface area is 97.7 Å². The highest BCUT2D eigenvalue weighted by molar-refractivity contribution is 7.86. The molecule has 0 aliphatic carbocycles. The van der Waals surface area contributed by atoms with E-state index in [1.165, 1.54) is 11.8 Å². The Morgan fingerprint density at radius 3 is 2.65 bits per heavy atom. The number of nitrogens with zero attached hydrogens (tertiary/aromatic N) is 2. The summed E-state index contributed by atoms with van der Waals surface area (Å²) in [6.07, 6.45) is 2.04. The SMILES string of the molecule is COc1ccccc1-n1cc(S(=O)(=O)F)cn1. The summed E-state index contributed by atoms with van der Waals surface area (Å²) < 4.78 is 40.4. The summed E-state index contributed by atoms with van der Waals surface area (Å²) in [6, 6.07) is 6.88. The summed E-state index contributed by atoms with van der Waals surface area (Å²) in [4.78, 5) is -0.483. The summed E-state index contributed by atoms with van der Waals surface area (Å²) >= 11 is 0. The predicted molar refractivity (Wildman–Crippen MR) is 58.4 cm³/mol. The minimum Gasteiger partial charge on any atom is -0.494 e. The van der Waals surface area contributed by atoms with E-state index >= 15 is 0 Å². The van der Waals surface area contributed by atoms with Gasteiger partial charge < -0.3 is 4.74 Å². The highest BCUT2D eigenvalue weighted by Crippen LogP contribution is 2.22. The van der Waals surface area contributed by atoms with E-state index in [0.717, 1.165) is 12.4 Å². The lowest BCUT2D eigenvalue weighted by Gasteiger charge is -2.06. The minimum absolute atomic E-state index is 0.483. The zero-order valence-corrected chi connectivity index (χ0v) is 9.69. The number of para-hydroxylation sites is 2. The van der Waals surface area contributed by atoms with Crippen molar-refractivity contribution in [1.29, 1.82) is 0 Å². The highest BCUT2D eigenvalue weighted by Gasteiger charge is 2.16. The monoisotopic (exact) mass is 256 g/mol. The molecule has 0 aliphatic heterocycles. The molecule has 0 radical (unpaired) electrons. The smallest absolute Gasteiger partial charge is 0.335 e. The third-order valence-electron chi connectivity index (χ3n) is 2.17. The fourth-order valence-corrected chi connectivity index (χ4v) is 1.78. The second-order valence-corrected chi connectivity index (χ2v) is 4.58. The number of halogens is 1. The lowest BCUT2D eigenvalue weighted by atomic mass is 10.3. The van der Waals surface area contributed by atoms with Crippen LogP contribution in [0, 0.1) is 0 Å². The van der Waals surface area contributed by atoms with Gasteiger partial charge in [-0.25, -0.2) is 4.68 Å². The maximum absolute atomic E-state index is 12.7. The average molecular weight is 256 g/mol. The van der Waals surface area contributed by atoms with E-state index in [1.807, 2.05) is 0 Å². The molecule has 1 aromatic carbocycles. The van der Waals surface area contributed by atoms with Gasteiger partial charge in [-0.3, -0.25) is 0 Å². The fraction of sp³-hybridized carbons (Fsp3) is 0.100. The molecule has 1 heterocycles. The first-order valence-corrected chi connectivity index (χ1v) is 6.03. The molecular formula is C10H9FN2O3S. The van der Waals surface area contributed by atoms with E-state index in [2.05, 4.69) is 5.10 Å². The number of methoxy groups -OCH3 is 1.